The molecule has 0 aliphatic rings. The van der Waals surface area contributed by atoms with Gasteiger partial charge in [0, 0.05) is 0 Å². The van der Waals surface area contributed by atoms with Crippen LogP contribution in [0.5, 0.6) is 0 Å². The molecule has 0 amide bonds. The summed E-state index contributed by atoms with van der Waals surface area (Å²) in [6, 6.07) is 1.50. The zero-order chi connectivity index (χ0) is 9.45. The van der Waals surface area contributed by atoms with E-state index in [1.165, 1.54) is 31.7 Å². The topological polar surface area (TPSA) is 0 Å². The van der Waals surface area contributed by atoms with Gasteiger partial charge >= 0.3 is 97.2 Å². The van der Waals surface area contributed by atoms with E-state index in [4.69, 9.17) is 0 Å². The Labute approximate surface area is 96.2 Å². The van der Waals surface area contributed by atoms with Gasteiger partial charge in [0.1, 0.15) is 0 Å². The third-order valence-electron chi connectivity index (χ3n) is 2.14. The summed E-state index contributed by atoms with van der Waals surface area (Å²) < 4.78 is 0.950. The predicted octanol–water partition coefficient (Wildman–Crippen LogP) is 4.30. The van der Waals surface area contributed by atoms with Crippen LogP contribution < -0.4 is 0 Å². The Balaban J connectivity index is 3.19. The average Bonchev–Trinajstić information content (AvgIpc) is 2.04. The van der Waals surface area contributed by atoms with E-state index in [0.717, 1.165) is 0 Å². The van der Waals surface area contributed by atoms with Crippen molar-refractivity contribution in [2.45, 2.75) is 61.2 Å². The summed E-state index contributed by atoms with van der Waals surface area (Å²) in [6.07, 6.45) is 5.84. The first-order valence-electron chi connectivity index (χ1n) is 5.13. The molecule has 0 aromatic carbocycles. The molecule has 79 valence electrons. The molecule has 0 heterocycles. The second-order valence-corrected chi connectivity index (χ2v) is 18.8. The molecule has 0 fully saturated rings. The number of hydrogen-bond acceptors (Lipinski definition) is 0. The molecule has 0 N–H and O–H groups in total. The normalized spacial score (nSPS) is 12.3. The molecule has 12 heavy (non-hydrogen) atoms. The molecule has 0 aromatic rings. The molecule has 0 nitrogen and oxygen atoms in total. The van der Waals surface area contributed by atoms with Crippen molar-refractivity contribution in [3.05, 3.63) is 0 Å². The second kappa shape index (κ2) is 7.84. The number of hydrogen-bond donors (Lipinski definition) is 0. The van der Waals surface area contributed by atoms with Crippen LogP contribution in [0, 0.1) is 32.8 Å². The van der Waals surface area contributed by atoms with Gasteiger partial charge in [-0.1, -0.05) is 0 Å². The Kier molecular flexibility index (Phi) is 8.81. The SMILES string of the molecule is CCCCC[CH2][Ho][Si](C)(C)CC. The van der Waals surface area contributed by atoms with Crippen LogP contribution in [0.25, 0.3) is 0 Å². The van der Waals surface area contributed by atoms with Crippen LogP contribution in [0.1, 0.15) is 39.5 Å². The molecule has 0 rings (SSSR count). The summed E-state index contributed by atoms with van der Waals surface area (Å²) in [4.78, 5) is 0. The molecule has 0 aliphatic heterocycles. The molecule has 0 saturated heterocycles. The van der Waals surface area contributed by atoms with Crippen molar-refractivity contribution in [2.24, 2.45) is 0 Å². The fraction of sp³-hybridized carbons (Fsp3) is 1.00. The van der Waals surface area contributed by atoms with Crippen molar-refractivity contribution in [1.29, 1.82) is 0 Å². The van der Waals surface area contributed by atoms with Crippen molar-refractivity contribution < 1.29 is 32.8 Å². The number of unbranched alkanes of at least 4 members (excludes halogenated alkanes) is 3. The Bertz CT molecular complexity index is 102. The van der Waals surface area contributed by atoms with Crippen LogP contribution in [0.2, 0.25) is 21.7 Å². The maximum absolute atomic E-state index is 2.56. The quantitative estimate of drug-likeness (QED) is 0.480. The van der Waals surface area contributed by atoms with Gasteiger partial charge in [0.05, 0.1) is 0 Å². The van der Waals surface area contributed by atoms with Crippen LogP contribution in [-0.4, -0.2) is 3.21 Å². The van der Waals surface area contributed by atoms with Gasteiger partial charge in [-0.3, -0.25) is 0 Å². The van der Waals surface area contributed by atoms with Crippen molar-refractivity contribution in [3.63, 3.8) is 0 Å². The first-order chi connectivity index (χ1) is 5.62. The van der Waals surface area contributed by atoms with Gasteiger partial charge in [-0.2, -0.15) is 0 Å². The minimum absolute atomic E-state index is 0.640. The van der Waals surface area contributed by atoms with Crippen LogP contribution in [-0.2, 0) is 0 Å². The molecule has 0 radical (unpaired) electrons. The summed E-state index contributed by atoms with van der Waals surface area (Å²) in [6.45, 7) is 9.80. The molecular formula is C10H24HoSi. The van der Waals surface area contributed by atoms with E-state index in [1.807, 2.05) is 0 Å². The molecule has 0 saturated carbocycles. The molecule has 0 unspecified atom stereocenters. The fourth-order valence-electron chi connectivity index (χ4n) is 0.835. The monoisotopic (exact) mass is 337 g/mol. The van der Waals surface area contributed by atoms with Gasteiger partial charge in [-0.15, -0.1) is 0 Å². The summed E-state index contributed by atoms with van der Waals surface area (Å²) in [5, 5.41) is 0. The Morgan fingerprint density at radius 2 is 1.67 bits per heavy atom. The first-order valence-corrected chi connectivity index (χ1v) is 12.4. The number of rotatable bonds is 7. The predicted molar refractivity (Wildman–Crippen MR) is 56.9 cm³/mol. The summed E-state index contributed by atoms with van der Waals surface area (Å²) >= 11 is 0.710. The second-order valence-electron chi connectivity index (χ2n) is 3.79. The van der Waals surface area contributed by atoms with Gasteiger partial charge in [0.25, 0.3) is 0 Å². The molecule has 0 spiro atoms. The van der Waals surface area contributed by atoms with Gasteiger partial charge in [-0.05, 0) is 0 Å². The Hall–Kier alpha value is 1.48. The molecular weight excluding hydrogens is 313 g/mol. The minimum atomic E-state index is -0.640. The molecule has 0 aliphatic carbocycles. The van der Waals surface area contributed by atoms with Crippen LogP contribution >= 0.6 is 0 Å². The molecule has 2 heteroatoms. The molecule has 0 bridgehead atoms. The van der Waals surface area contributed by atoms with E-state index in [0.29, 0.717) is 32.8 Å². The Morgan fingerprint density at radius 3 is 2.17 bits per heavy atom. The van der Waals surface area contributed by atoms with Gasteiger partial charge in [0.2, 0.25) is 0 Å². The van der Waals surface area contributed by atoms with Crippen molar-refractivity contribution in [1.82, 2.24) is 0 Å². The summed E-state index contributed by atoms with van der Waals surface area (Å²) in [7, 11) is 0. The fourth-order valence-corrected chi connectivity index (χ4v) is 8.39. The van der Waals surface area contributed by atoms with Crippen molar-refractivity contribution >= 4 is 3.21 Å². The van der Waals surface area contributed by atoms with Gasteiger partial charge < -0.3 is 0 Å². The standard InChI is InChI=1S/C6H13.C4H11Si.Ho/c1-3-5-6-4-2;1-4-5(2)3;/h1,3-6H2,2H3;4H2,1-3H3;. The first kappa shape index (κ1) is 13.5. The van der Waals surface area contributed by atoms with Gasteiger partial charge in [-0.25, -0.2) is 0 Å². The third kappa shape index (κ3) is 8.09. The molecule has 0 aromatic heterocycles. The van der Waals surface area contributed by atoms with E-state index in [1.54, 1.807) is 2.52 Å². The maximum atomic E-state index is 2.56. The van der Waals surface area contributed by atoms with Crippen LogP contribution in [0.15, 0.2) is 0 Å². The van der Waals surface area contributed by atoms with Gasteiger partial charge in [0.15, 0.2) is 0 Å². The van der Waals surface area contributed by atoms with E-state index >= 15 is 0 Å². The van der Waals surface area contributed by atoms with Crippen molar-refractivity contribution in [2.75, 3.05) is 0 Å². The van der Waals surface area contributed by atoms with Crippen LogP contribution in [0.4, 0.5) is 0 Å². The zero-order valence-corrected chi connectivity index (χ0v) is 12.0. The van der Waals surface area contributed by atoms with Crippen LogP contribution in [0.3, 0.4) is 0 Å². The summed E-state index contributed by atoms with van der Waals surface area (Å²) in [5.41, 5.74) is 0. The average molecular weight is 337 g/mol. The van der Waals surface area contributed by atoms with E-state index in [9.17, 15) is 0 Å². The van der Waals surface area contributed by atoms with Crippen molar-refractivity contribution in [3.8, 4) is 0 Å². The molecule has 0 atom stereocenters. The van der Waals surface area contributed by atoms with E-state index in [2.05, 4.69) is 26.9 Å². The summed E-state index contributed by atoms with van der Waals surface area (Å²) in [5.74, 6) is 0. The van der Waals surface area contributed by atoms with E-state index < -0.39 is 3.21 Å². The van der Waals surface area contributed by atoms with E-state index in [-0.39, 0.29) is 0 Å². The third-order valence-corrected chi connectivity index (χ3v) is 14.2. The Morgan fingerprint density at radius 1 is 1.00 bits per heavy atom. The zero-order valence-electron chi connectivity index (χ0n) is 9.04.